The Hall–Kier alpha value is -3.03. The lowest BCUT2D eigenvalue weighted by Crippen LogP contribution is -1.93. The Kier molecular flexibility index (Phi) is 2.34. The lowest BCUT2D eigenvalue weighted by molar-refractivity contribution is 1.16. The maximum Gasteiger partial charge on any atom is 0.156 e. The number of pyridine rings is 1. The van der Waals surface area contributed by atoms with Gasteiger partial charge in [-0.15, -0.1) is 0 Å². The van der Waals surface area contributed by atoms with E-state index < -0.39 is 0 Å². The van der Waals surface area contributed by atoms with Crippen LogP contribution in [0, 0.1) is 18.3 Å². The van der Waals surface area contributed by atoms with Crippen LogP contribution in [0.15, 0.2) is 35.4 Å². The fourth-order valence-electron chi connectivity index (χ4n) is 2.19. The van der Waals surface area contributed by atoms with Crippen LogP contribution in [0.1, 0.15) is 11.1 Å². The van der Waals surface area contributed by atoms with Crippen molar-refractivity contribution >= 4 is 22.5 Å². The second kappa shape index (κ2) is 4.02. The first kappa shape index (κ1) is 11.1. The third-order valence-corrected chi connectivity index (χ3v) is 3.01. The van der Waals surface area contributed by atoms with Gasteiger partial charge in [0.15, 0.2) is 5.65 Å². The molecule has 90 valence electrons. The number of para-hydroxylation sites is 2. The largest absolute Gasteiger partial charge is 0.289 e. The molecule has 0 saturated carbocycles. The molecule has 19 heavy (non-hydrogen) atoms. The Bertz CT molecular complexity index is 893. The standard InChI is InChI=1S/C13H8N6/c1-8-6-12(17-18-15)19-11-5-3-2-4-10(11)16-13(19)9(8)7-14/h2-6H,1H3. The van der Waals surface area contributed by atoms with E-state index in [0.717, 1.165) is 16.6 Å². The molecule has 6 nitrogen and oxygen atoms in total. The zero-order valence-corrected chi connectivity index (χ0v) is 10.1. The maximum absolute atomic E-state index is 9.26. The molecule has 0 radical (unpaired) electrons. The number of nitrogens with zero attached hydrogens (tertiary/aromatic N) is 6. The van der Waals surface area contributed by atoms with Crippen LogP contribution < -0.4 is 0 Å². The average molecular weight is 248 g/mol. The highest BCUT2D eigenvalue weighted by Gasteiger charge is 2.13. The van der Waals surface area contributed by atoms with E-state index in [-0.39, 0.29) is 0 Å². The van der Waals surface area contributed by atoms with Gasteiger partial charge < -0.3 is 0 Å². The summed E-state index contributed by atoms with van der Waals surface area (Å²) in [7, 11) is 0. The van der Waals surface area contributed by atoms with Crippen molar-refractivity contribution in [2.75, 3.05) is 0 Å². The van der Waals surface area contributed by atoms with Gasteiger partial charge in [0, 0.05) is 4.91 Å². The quantitative estimate of drug-likeness (QED) is 0.374. The number of benzene rings is 1. The summed E-state index contributed by atoms with van der Waals surface area (Å²) in [6, 6.07) is 11.3. The Labute approximate surface area is 108 Å². The van der Waals surface area contributed by atoms with Crippen molar-refractivity contribution in [2.24, 2.45) is 5.11 Å². The van der Waals surface area contributed by atoms with Gasteiger partial charge in [0.2, 0.25) is 0 Å². The van der Waals surface area contributed by atoms with Gasteiger partial charge >= 0.3 is 0 Å². The number of azide groups is 1. The predicted octanol–water partition coefficient (Wildman–Crippen LogP) is 3.61. The first-order valence-electron chi connectivity index (χ1n) is 5.62. The van der Waals surface area contributed by atoms with Crippen molar-refractivity contribution in [1.82, 2.24) is 9.38 Å². The molecule has 0 aliphatic carbocycles. The number of hydrogen-bond donors (Lipinski definition) is 0. The fourth-order valence-corrected chi connectivity index (χ4v) is 2.19. The number of aromatic nitrogens is 2. The molecule has 0 atom stereocenters. The van der Waals surface area contributed by atoms with Crippen LogP contribution in [0.4, 0.5) is 5.82 Å². The van der Waals surface area contributed by atoms with E-state index in [9.17, 15) is 5.26 Å². The number of fused-ring (bicyclic) bond motifs is 3. The molecule has 0 spiro atoms. The van der Waals surface area contributed by atoms with E-state index in [1.807, 2.05) is 24.3 Å². The number of nitriles is 1. The molecule has 0 unspecified atom stereocenters. The summed E-state index contributed by atoms with van der Waals surface area (Å²) in [4.78, 5) is 7.28. The van der Waals surface area contributed by atoms with Crippen LogP contribution in [0.2, 0.25) is 0 Å². The summed E-state index contributed by atoms with van der Waals surface area (Å²) >= 11 is 0. The second-order valence-electron chi connectivity index (χ2n) is 4.12. The SMILES string of the molecule is Cc1cc(N=[N+]=[N-])n2c(nc3ccccc32)c1C#N. The lowest BCUT2D eigenvalue weighted by atomic mass is 10.1. The first-order valence-corrected chi connectivity index (χ1v) is 5.62. The Morgan fingerprint density at radius 2 is 2.21 bits per heavy atom. The highest BCUT2D eigenvalue weighted by atomic mass is 15.2. The van der Waals surface area contributed by atoms with Gasteiger partial charge in [-0.3, -0.25) is 4.40 Å². The van der Waals surface area contributed by atoms with Gasteiger partial charge in [-0.2, -0.15) is 5.26 Å². The van der Waals surface area contributed by atoms with E-state index in [1.165, 1.54) is 0 Å². The maximum atomic E-state index is 9.26. The Morgan fingerprint density at radius 1 is 1.42 bits per heavy atom. The van der Waals surface area contributed by atoms with Gasteiger partial charge in [-0.25, -0.2) is 4.98 Å². The van der Waals surface area contributed by atoms with E-state index >= 15 is 0 Å². The van der Waals surface area contributed by atoms with E-state index in [1.54, 1.807) is 17.4 Å². The molecule has 0 saturated heterocycles. The molecule has 3 aromatic rings. The third kappa shape index (κ3) is 1.50. The van der Waals surface area contributed by atoms with Crippen molar-refractivity contribution in [1.29, 1.82) is 5.26 Å². The monoisotopic (exact) mass is 248 g/mol. The van der Waals surface area contributed by atoms with Gasteiger partial charge in [0.25, 0.3) is 0 Å². The molecule has 1 aromatic carbocycles. The summed E-state index contributed by atoms with van der Waals surface area (Å²) in [5.41, 5.74) is 12.0. The van der Waals surface area contributed by atoms with Crippen LogP contribution in [0.5, 0.6) is 0 Å². The Balaban J connectivity index is 2.64. The molecule has 0 aliphatic rings. The van der Waals surface area contributed by atoms with E-state index in [4.69, 9.17) is 5.53 Å². The van der Waals surface area contributed by atoms with Gasteiger partial charge in [-0.05, 0) is 41.3 Å². The molecule has 0 fully saturated rings. The highest BCUT2D eigenvalue weighted by molar-refractivity contribution is 5.84. The first-order chi connectivity index (χ1) is 9.26. The average Bonchev–Trinajstić information content (AvgIpc) is 2.78. The molecular weight excluding hydrogens is 240 g/mol. The summed E-state index contributed by atoms with van der Waals surface area (Å²) in [5, 5.41) is 12.9. The topological polar surface area (TPSA) is 89.8 Å². The van der Waals surface area contributed by atoms with Crippen LogP contribution in [-0.4, -0.2) is 9.38 Å². The number of rotatable bonds is 1. The lowest BCUT2D eigenvalue weighted by Gasteiger charge is -2.05. The molecule has 0 N–H and O–H groups in total. The summed E-state index contributed by atoms with van der Waals surface area (Å²) < 4.78 is 1.71. The van der Waals surface area contributed by atoms with E-state index in [0.29, 0.717) is 17.0 Å². The summed E-state index contributed by atoms with van der Waals surface area (Å²) in [5.74, 6) is 0.433. The Morgan fingerprint density at radius 3 is 2.95 bits per heavy atom. The number of imidazole rings is 1. The van der Waals surface area contributed by atoms with Crippen molar-refractivity contribution in [2.45, 2.75) is 6.92 Å². The molecule has 0 amide bonds. The minimum Gasteiger partial charge on any atom is -0.289 e. The van der Waals surface area contributed by atoms with Gasteiger partial charge in [-0.1, -0.05) is 12.1 Å². The van der Waals surface area contributed by atoms with Gasteiger partial charge in [0.05, 0.1) is 16.6 Å². The second-order valence-corrected chi connectivity index (χ2v) is 4.12. The van der Waals surface area contributed by atoms with Crippen molar-refractivity contribution in [3.05, 3.63) is 51.9 Å². The van der Waals surface area contributed by atoms with Crippen molar-refractivity contribution < 1.29 is 0 Å². The highest BCUT2D eigenvalue weighted by Crippen LogP contribution is 2.27. The molecule has 2 aromatic heterocycles. The van der Waals surface area contributed by atoms with Crippen LogP contribution in [0.3, 0.4) is 0 Å². The molecule has 0 aliphatic heterocycles. The predicted molar refractivity (Wildman–Crippen MR) is 71.0 cm³/mol. The molecule has 6 heteroatoms. The van der Waals surface area contributed by atoms with Crippen molar-refractivity contribution in [3.63, 3.8) is 0 Å². The fraction of sp³-hybridized carbons (Fsp3) is 0.0769. The zero-order valence-electron chi connectivity index (χ0n) is 10.1. The molecule has 2 heterocycles. The minimum atomic E-state index is 0.433. The zero-order chi connectivity index (χ0) is 13.4. The van der Waals surface area contributed by atoms with Gasteiger partial charge in [0.1, 0.15) is 11.9 Å². The third-order valence-electron chi connectivity index (χ3n) is 3.01. The minimum absolute atomic E-state index is 0.433. The summed E-state index contributed by atoms with van der Waals surface area (Å²) in [6.07, 6.45) is 0. The van der Waals surface area contributed by atoms with E-state index in [2.05, 4.69) is 21.1 Å². The molecular formula is C13H8N6. The molecule has 0 bridgehead atoms. The smallest absolute Gasteiger partial charge is 0.156 e. The normalized spacial score (nSPS) is 10.3. The van der Waals surface area contributed by atoms with Crippen LogP contribution in [-0.2, 0) is 0 Å². The number of aryl methyl sites for hydroxylation is 1. The number of hydrogen-bond acceptors (Lipinski definition) is 3. The van der Waals surface area contributed by atoms with Crippen LogP contribution in [0.25, 0.3) is 27.1 Å². The summed E-state index contributed by atoms with van der Waals surface area (Å²) in [6.45, 7) is 1.80. The molecule has 3 rings (SSSR count). The van der Waals surface area contributed by atoms with Crippen molar-refractivity contribution in [3.8, 4) is 6.07 Å². The van der Waals surface area contributed by atoms with Crippen LogP contribution >= 0.6 is 0 Å².